The molecule has 6 nitrogen and oxygen atoms in total. The monoisotopic (exact) mass is 353 g/mol. The molecule has 1 atom stereocenters. The lowest BCUT2D eigenvalue weighted by Crippen LogP contribution is -2.63. The van der Waals surface area contributed by atoms with Crippen LogP contribution < -0.4 is 15.0 Å². The van der Waals surface area contributed by atoms with Gasteiger partial charge in [-0.25, -0.2) is 4.98 Å². The van der Waals surface area contributed by atoms with Crippen LogP contribution in [0.5, 0.6) is 5.75 Å². The fourth-order valence-electron chi connectivity index (χ4n) is 3.03. The van der Waals surface area contributed by atoms with Crippen molar-refractivity contribution in [1.29, 1.82) is 0 Å². The Kier molecular flexibility index (Phi) is 4.68. The third-order valence-corrected chi connectivity index (χ3v) is 4.41. The van der Waals surface area contributed by atoms with E-state index < -0.39 is 17.4 Å². The van der Waals surface area contributed by atoms with Gasteiger partial charge >= 0.3 is 0 Å². The number of aryl methyl sites for hydroxylation is 1. The molecule has 2 amide bonds. The van der Waals surface area contributed by atoms with Crippen molar-refractivity contribution in [3.05, 3.63) is 53.7 Å². The first-order chi connectivity index (χ1) is 12.3. The first kappa shape index (κ1) is 17.9. The van der Waals surface area contributed by atoms with E-state index in [1.54, 1.807) is 18.3 Å². The summed E-state index contributed by atoms with van der Waals surface area (Å²) in [6.45, 7) is 7.59. The summed E-state index contributed by atoms with van der Waals surface area (Å²) >= 11 is 0. The van der Waals surface area contributed by atoms with Gasteiger partial charge in [0.2, 0.25) is 0 Å². The number of pyridine rings is 1. The molecule has 2 heterocycles. The number of hydrogen-bond acceptors (Lipinski definition) is 4. The van der Waals surface area contributed by atoms with Crippen molar-refractivity contribution in [3.8, 4) is 5.75 Å². The molecule has 0 saturated heterocycles. The molecule has 0 radical (unpaired) electrons. The van der Waals surface area contributed by atoms with Gasteiger partial charge in [-0.15, -0.1) is 0 Å². The van der Waals surface area contributed by atoms with Crippen LogP contribution in [0.15, 0.2) is 42.6 Å². The molecule has 1 aromatic carbocycles. The molecule has 3 rings (SSSR count). The van der Waals surface area contributed by atoms with Crippen LogP contribution in [0.3, 0.4) is 0 Å². The van der Waals surface area contributed by atoms with Crippen molar-refractivity contribution in [1.82, 2.24) is 10.3 Å². The van der Waals surface area contributed by atoms with Gasteiger partial charge in [0.25, 0.3) is 17.4 Å². The Morgan fingerprint density at radius 3 is 2.77 bits per heavy atom. The van der Waals surface area contributed by atoms with Crippen molar-refractivity contribution >= 4 is 17.6 Å². The molecule has 0 saturated carbocycles. The molecule has 136 valence electrons. The molecule has 2 aromatic rings. The molecule has 26 heavy (non-hydrogen) atoms. The van der Waals surface area contributed by atoms with Crippen molar-refractivity contribution in [2.75, 3.05) is 4.90 Å². The Morgan fingerprint density at radius 2 is 2.08 bits per heavy atom. The second-order valence-electron chi connectivity index (χ2n) is 6.90. The maximum atomic E-state index is 13.1. The summed E-state index contributed by atoms with van der Waals surface area (Å²) in [7, 11) is 0. The fraction of sp³-hybridized carbons (Fsp3) is 0.350. The maximum absolute atomic E-state index is 13.1. The number of hydrogen-bond donors (Lipinski definition) is 1. The zero-order chi connectivity index (χ0) is 18.9. The van der Waals surface area contributed by atoms with Crippen LogP contribution in [0.4, 0.5) is 5.82 Å². The molecule has 1 aliphatic rings. The lowest BCUT2D eigenvalue weighted by atomic mass is 9.99. The van der Waals surface area contributed by atoms with Gasteiger partial charge in [-0.05, 0) is 45.4 Å². The van der Waals surface area contributed by atoms with E-state index in [9.17, 15) is 9.59 Å². The van der Waals surface area contributed by atoms with Crippen LogP contribution in [-0.2, 0) is 16.1 Å². The van der Waals surface area contributed by atoms with Gasteiger partial charge in [0.15, 0.2) is 11.6 Å². The molecule has 6 heteroatoms. The number of anilines is 1. The summed E-state index contributed by atoms with van der Waals surface area (Å²) in [6, 6.07) is 11.1. The highest BCUT2D eigenvalue weighted by Crippen LogP contribution is 2.37. The molecular formula is C20H23N3O3. The summed E-state index contributed by atoms with van der Waals surface area (Å²) < 4.78 is 5.82. The minimum absolute atomic E-state index is 0.149. The predicted molar refractivity (Wildman–Crippen MR) is 98.9 cm³/mol. The third-order valence-electron chi connectivity index (χ3n) is 4.41. The average molecular weight is 353 g/mol. The highest BCUT2D eigenvalue weighted by atomic mass is 16.5. The van der Waals surface area contributed by atoms with Crippen LogP contribution in [0.1, 0.15) is 31.9 Å². The van der Waals surface area contributed by atoms with Crippen molar-refractivity contribution in [2.45, 2.75) is 45.9 Å². The minimum atomic E-state index is -1.63. The van der Waals surface area contributed by atoms with Crippen LogP contribution in [-0.4, -0.2) is 28.4 Å². The largest absolute Gasteiger partial charge is 0.464 e. The fourth-order valence-corrected chi connectivity index (χ4v) is 3.03. The van der Waals surface area contributed by atoms with Crippen molar-refractivity contribution in [2.24, 2.45) is 0 Å². The molecule has 0 aliphatic carbocycles. The van der Waals surface area contributed by atoms with E-state index >= 15 is 0 Å². The standard InChI is InChI=1S/C20H23N3O3/c1-13(2)23-17-16(9-6-10-21-17)26-20(4,19(23)25)18(24)22-12-15-8-5-7-14(3)11-15/h5-11,13H,12H2,1-4H3,(H,22,24)/t20-/m1/s1. The van der Waals surface area contributed by atoms with E-state index in [0.29, 0.717) is 18.1 Å². The number of rotatable bonds is 4. The second kappa shape index (κ2) is 6.78. The summed E-state index contributed by atoms with van der Waals surface area (Å²) in [4.78, 5) is 31.7. The lowest BCUT2D eigenvalue weighted by Gasteiger charge is -2.40. The zero-order valence-corrected chi connectivity index (χ0v) is 15.4. The Labute approximate surface area is 153 Å². The first-order valence-electron chi connectivity index (χ1n) is 8.64. The first-order valence-corrected chi connectivity index (χ1v) is 8.64. The quantitative estimate of drug-likeness (QED) is 0.858. The molecule has 0 unspecified atom stereocenters. The van der Waals surface area contributed by atoms with E-state index in [1.165, 1.54) is 11.8 Å². The molecule has 0 spiro atoms. The number of benzene rings is 1. The number of carbonyl (C=O) groups excluding carboxylic acids is 2. The van der Waals surface area contributed by atoms with Crippen LogP contribution in [0.2, 0.25) is 0 Å². The Balaban J connectivity index is 1.86. The average Bonchev–Trinajstić information content (AvgIpc) is 2.60. The summed E-state index contributed by atoms with van der Waals surface area (Å²) in [5.41, 5.74) is 0.441. The van der Waals surface area contributed by atoms with E-state index in [4.69, 9.17) is 4.74 Å². The lowest BCUT2D eigenvalue weighted by molar-refractivity contribution is -0.148. The number of nitrogens with one attached hydrogen (secondary N) is 1. The smallest absolute Gasteiger partial charge is 0.282 e. The van der Waals surface area contributed by atoms with E-state index in [1.807, 2.05) is 45.0 Å². The van der Waals surface area contributed by atoms with Crippen LogP contribution >= 0.6 is 0 Å². The summed E-state index contributed by atoms with van der Waals surface area (Å²) in [5, 5.41) is 2.83. The second-order valence-corrected chi connectivity index (χ2v) is 6.90. The maximum Gasteiger partial charge on any atom is 0.282 e. The number of nitrogens with zero attached hydrogens (tertiary/aromatic N) is 2. The number of fused-ring (bicyclic) bond motifs is 1. The molecule has 0 fully saturated rings. The molecule has 1 aromatic heterocycles. The summed E-state index contributed by atoms with van der Waals surface area (Å²) in [5.74, 6) is -0.0185. The van der Waals surface area contributed by atoms with E-state index in [0.717, 1.165) is 11.1 Å². The normalized spacial score (nSPS) is 19.1. The molecule has 1 N–H and O–H groups in total. The topological polar surface area (TPSA) is 71.5 Å². The van der Waals surface area contributed by atoms with Gasteiger partial charge in [0.05, 0.1) is 0 Å². The van der Waals surface area contributed by atoms with Gasteiger partial charge in [-0.2, -0.15) is 0 Å². The van der Waals surface area contributed by atoms with Crippen molar-refractivity contribution < 1.29 is 14.3 Å². The summed E-state index contributed by atoms with van der Waals surface area (Å²) in [6.07, 6.45) is 1.60. The Morgan fingerprint density at radius 1 is 1.31 bits per heavy atom. The Bertz CT molecular complexity index is 850. The van der Waals surface area contributed by atoms with Crippen LogP contribution in [0, 0.1) is 6.92 Å². The van der Waals surface area contributed by atoms with Crippen molar-refractivity contribution in [3.63, 3.8) is 0 Å². The van der Waals surface area contributed by atoms with Crippen LogP contribution in [0.25, 0.3) is 0 Å². The van der Waals surface area contributed by atoms with Gasteiger partial charge in [0.1, 0.15) is 0 Å². The predicted octanol–water partition coefficient (Wildman–Crippen LogP) is 2.60. The highest BCUT2D eigenvalue weighted by molar-refractivity contribution is 6.16. The van der Waals surface area contributed by atoms with Gasteiger partial charge in [-0.1, -0.05) is 29.8 Å². The zero-order valence-electron chi connectivity index (χ0n) is 15.4. The minimum Gasteiger partial charge on any atom is -0.464 e. The number of ether oxygens (including phenoxy) is 1. The van der Waals surface area contributed by atoms with Gasteiger partial charge < -0.3 is 10.1 Å². The molecule has 0 bridgehead atoms. The number of amides is 2. The van der Waals surface area contributed by atoms with Gasteiger partial charge in [-0.3, -0.25) is 14.5 Å². The van der Waals surface area contributed by atoms with E-state index in [2.05, 4.69) is 10.3 Å². The Hall–Kier alpha value is -2.89. The third kappa shape index (κ3) is 3.14. The SMILES string of the molecule is Cc1cccc(CNC(=O)[C@@]2(C)Oc3cccnc3N(C(C)C)C2=O)c1. The highest BCUT2D eigenvalue weighted by Gasteiger charge is 2.51. The van der Waals surface area contributed by atoms with Gasteiger partial charge in [0, 0.05) is 18.8 Å². The molecule has 1 aliphatic heterocycles. The van der Waals surface area contributed by atoms with E-state index in [-0.39, 0.29) is 6.04 Å². The number of aromatic nitrogens is 1. The number of carbonyl (C=O) groups is 2. The molecular weight excluding hydrogens is 330 g/mol.